The molecule has 31 heavy (non-hydrogen) atoms. The van der Waals surface area contributed by atoms with E-state index in [9.17, 15) is 9.59 Å². The highest BCUT2D eigenvalue weighted by Crippen LogP contribution is 2.33. The number of ether oxygens (including phenoxy) is 1. The van der Waals surface area contributed by atoms with Gasteiger partial charge in [-0.05, 0) is 58.9 Å². The number of carbonyl (C=O) groups is 1. The van der Waals surface area contributed by atoms with Crippen molar-refractivity contribution < 1.29 is 9.53 Å². The van der Waals surface area contributed by atoms with Crippen molar-refractivity contribution >= 4 is 27.5 Å². The molecule has 8 heteroatoms. The Hall–Kier alpha value is -1.77. The summed E-state index contributed by atoms with van der Waals surface area (Å²) in [7, 11) is 0. The van der Waals surface area contributed by atoms with Gasteiger partial charge in [-0.3, -0.25) is 14.5 Å². The minimum Gasteiger partial charge on any atom is -0.373 e. The molecular weight excluding hydrogens is 412 g/mol. The number of nitrogens with one attached hydrogen (secondary N) is 2. The van der Waals surface area contributed by atoms with Crippen molar-refractivity contribution in [3.8, 4) is 0 Å². The number of aromatic nitrogens is 2. The van der Waals surface area contributed by atoms with Crippen molar-refractivity contribution in [3.63, 3.8) is 0 Å². The predicted molar refractivity (Wildman–Crippen MR) is 124 cm³/mol. The zero-order valence-corrected chi connectivity index (χ0v) is 19.9. The maximum absolute atomic E-state index is 12.7. The zero-order valence-electron chi connectivity index (χ0n) is 19.0. The lowest BCUT2D eigenvalue weighted by molar-refractivity contribution is -0.122. The number of carbonyl (C=O) groups excluding carboxylic acids is 1. The number of amides is 1. The predicted octanol–water partition coefficient (Wildman–Crippen LogP) is 2.80. The second-order valence-corrected chi connectivity index (χ2v) is 10.7. The van der Waals surface area contributed by atoms with Crippen LogP contribution in [0.4, 0.5) is 0 Å². The minimum atomic E-state index is -0.149. The third-order valence-corrected chi connectivity index (χ3v) is 7.64. The van der Waals surface area contributed by atoms with Gasteiger partial charge in [-0.25, -0.2) is 4.98 Å². The van der Waals surface area contributed by atoms with E-state index < -0.39 is 0 Å². The molecule has 2 atom stereocenters. The number of rotatable bonds is 6. The summed E-state index contributed by atoms with van der Waals surface area (Å²) in [5.74, 6) is 0.581. The molecule has 1 aliphatic carbocycles. The molecule has 7 nitrogen and oxygen atoms in total. The number of nitrogens with zero attached hydrogens (tertiary/aromatic N) is 2. The standard InChI is InChI=1S/C23H34N4O3S/c1-14-11-27(12-15(2)30-14)23(3,4)13-24-19(28)10-9-18-25-21(29)20-16-7-5-6-8-17(16)31-22(20)26-18/h14-15H,5-13H2,1-4H3,(H,24,28)(H,25,26,29). The largest absolute Gasteiger partial charge is 0.373 e. The zero-order chi connectivity index (χ0) is 22.2. The van der Waals surface area contributed by atoms with E-state index in [0.29, 0.717) is 25.2 Å². The lowest BCUT2D eigenvalue weighted by Crippen LogP contribution is -2.58. The Morgan fingerprint density at radius 1 is 1.26 bits per heavy atom. The second kappa shape index (κ2) is 9.00. The van der Waals surface area contributed by atoms with Gasteiger partial charge in [0.2, 0.25) is 5.91 Å². The van der Waals surface area contributed by atoms with Crippen LogP contribution in [0.3, 0.4) is 0 Å². The number of thiophene rings is 1. The van der Waals surface area contributed by atoms with Crippen LogP contribution in [-0.2, 0) is 28.8 Å². The van der Waals surface area contributed by atoms with Crippen LogP contribution in [0.15, 0.2) is 4.79 Å². The molecule has 2 aliphatic rings. The summed E-state index contributed by atoms with van der Waals surface area (Å²) in [5.41, 5.74) is 0.985. The monoisotopic (exact) mass is 446 g/mol. The van der Waals surface area contributed by atoms with Crippen LogP contribution >= 0.6 is 11.3 Å². The first-order valence-corrected chi connectivity index (χ1v) is 12.3. The first-order valence-electron chi connectivity index (χ1n) is 11.4. The van der Waals surface area contributed by atoms with Crippen molar-refractivity contribution in [1.82, 2.24) is 20.2 Å². The van der Waals surface area contributed by atoms with Crippen LogP contribution in [0, 0.1) is 0 Å². The van der Waals surface area contributed by atoms with E-state index in [4.69, 9.17) is 4.74 Å². The number of hydrogen-bond donors (Lipinski definition) is 2. The summed E-state index contributed by atoms with van der Waals surface area (Å²) in [6, 6.07) is 0. The molecule has 1 fully saturated rings. The lowest BCUT2D eigenvalue weighted by atomic mass is 9.97. The number of fused-ring (bicyclic) bond motifs is 3. The lowest BCUT2D eigenvalue weighted by Gasteiger charge is -2.45. The number of H-pyrrole nitrogens is 1. The first kappa shape index (κ1) is 22.4. The molecule has 1 amide bonds. The molecule has 0 saturated carbocycles. The average Bonchev–Trinajstić information content (AvgIpc) is 3.09. The Morgan fingerprint density at radius 2 is 1.97 bits per heavy atom. The van der Waals surface area contributed by atoms with E-state index in [2.05, 4.69) is 47.9 Å². The van der Waals surface area contributed by atoms with Gasteiger partial charge in [0, 0.05) is 42.9 Å². The second-order valence-electron chi connectivity index (χ2n) is 9.66. The Labute approximate surface area is 187 Å². The molecule has 0 spiro atoms. The van der Waals surface area contributed by atoms with E-state index in [1.807, 2.05) is 0 Å². The maximum Gasteiger partial charge on any atom is 0.259 e. The van der Waals surface area contributed by atoms with Crippen molar-refractivity contribution in [1.29, 1.82) is 0 Å². The summed E-state index contributed by atoms with van der Waals surface area (Å²) in [5, 5.41) is 3.84. The topological polar surface area (TPSA) is 87.3 Å². The third-order valence-electron chi connectivity index (χ3n) is 6.46. The first-order chi connectivity index (χ1) is 14.7. The smallest absolute Gasteiger partial charge is 0.259 e. The molecule has 2 aromatic rings. The highest BCUT2D eigenvalue weighted by atomic mass is 32.1. The number of aromatic amines is 1. The van der Waals surface area contributed by atoms with Gasteiger partial charge >= 0.3 is 0 Å². The molecule has 0 bridgehead atoms. The van der Waals surface area contributed by atoms with Crippen molar-refractivity contribution in [2.24, 2.45) is 0 Å². The number of morpholine rings is 1. The van der Waals surface area contributed by atoms with Gasteiger partial charge in [-0.2, -0.15) is 0 Å². The molecule has 0 radical (unpaired) electrons. The van der Waals surface area contributed by atoms with Gasteiger partial charge in [-0.1, -0.05) is 0 Å². The van der Waals surface area contributed by atoms with Crippen LogP contribution in [-0.4, -0.2) is 58.2 Å². The molecule has 2 unspecified atom stereocenters. The Kier molecular flexibility index (Phi) is 6.51. The SMILES string of the molecule is CC1CN(C(C)(C)CNC(=O)CCc2nc3sc4c(c3c(=O)[nH]2)CCCC4)CC(C)O1. The van der Waals surface area contributed by atoms with Crippen molar-refractivity contribution in [3.05, 3.63) is 26.6 Å². The van der Waals surface area contributed by atoms with Crippen molar-refractivity contribution in [2.45, 2.75) is 84.0 Å². The molecule has 4 rings (SSSR count). The van der Waals surface area contributed by atoms with Crippen LogP contribution < -0.4 is 10.9 Å². The molecule has 0 aromatic carbocycles. The Balaban J connectivity index is 1.34. The normalized spacial score (nSPS) is 22.5. The summed E-state index contributed by atoms with van der Waals surface area (Å²) >= 11 is 1.64. The summed E-state index contributed by atoms with van der Waals surface area (Å²) in [4.78, 5) is 37.3. The van der Waals surface area contributed by atoms with E-state index in [0.717, 1.165) is 42.6 Å². The van der Waals surface area contributed by atoms with Gasteiger partial charge in [0.15, 0.2) is 0 Å². The molecule has 3 heterocycles. The molecule has 2 aromatic heterocycles. The summed E-state index contributed by atoms with van der Waals surface area (Å²) in [6.45, 7) is 10.8. The fourth-order valence-electron chi connectivity index (χ4n) is 4.75. The third kappa shape index (κ3) is 5.02. The fourth-order valence-corrected chi connectivity index (χ4v) is 6.03. The van der Waals surface area contributed by atoms with Crippen molar-refractivity contribution in [2.75, 3.05) is 19.6 Å². The Bertz CT molecular complexity index is 1000. The van der Waals surface area contributed by atoms with Crippen LogP contribution in [0.25, 0.3) is 10.2 Å². The summed E-state index contributed by atoms with van der Waals surface area (Å²) in [6.07, 6.45) is 5.47. The van der Waals surface area contributed by atoms with Crippen LogP contribution in [0.2, 0.25) is 0 Å². The molecule has 1 aliphatic heterocycles. The van der Waals surface area contributed by atoms with Crippen LogP contribution in [0.1, 0.15) is 63.2 Å². The molecular formula is C23H34N4O3S. The maximum atomic E-state index is 12.7. The molecule has 1 saturated heterocycles. The summed E-state index contributed by atoms with van der Waals surface area (Å²) < 4.78 is 5.83. The van der Waals surface area contributed by atoms with E-state index in [1.165, 1.54) is 16.9 Å². The fraction of sp³-hybridized carbons (Fsp3) is 0.696. The van der Waals surface area contributed by atoms with Gasteiger partial charge in [0.1, 0.15) is 10.7 Å². The number of aryl methyl sites for hydroxylation is 3. The Morgan fingerprint density at radius 3 is 2.71 bits per heavy atom. The van der Waals surface area contributed by atoms with Gasteiger partial charge in [0.25, 0.3) is 5.56 Å². The minimum absolute atomic E-state index is 0.0179. The highest BCUT2D eigenvalue weighted by molar-refractivity contribution is 7.18. The molecule has 170 valence electrons. The van der Waals surface area contributed by atoms with Crippen LogP contribution in [0.5, 0.6) is 0 Å². The van der Waals surface area contributed by atoms with E-state index in [-0.39, 0.29) is 29.2 Å². The molecule has 2 N–H and O–H groups in total. The van der Waals surface area contributed by atoms with E-state index >= 15 is 0 Å². The van der Waals surface area contributed by atoms with Gasteiger partial charge in [0.05, 0.1) is 17.6 Å². The highest BCUT2D eigenvalue weighted by Gasteiger charge is 2.33. The van der Waals surface area contributed by atoms with Gasteiger partial charge in [-0.15, -0.1) is 11.3 Å². The average molecular weight is 447 g/mol. The quantitative estimate of drug-likeness (QED) is 0.713. The number of hydrogen-bond acceptors (Lipinski definition) is 6. The van der Waals surface area contributed by atoms with E-state index in [1.54, 1.807) is 11.3 Å². The van der Waals surface area contributed by atoms with Gasteiger partial charge < -0.3 is 15.0 Å².